The maximum absolute atomic E-state index is 12.8. The number of hydrogen-bond acceptors (Lipinski definition) is 6. The zero-order valence-corrected chi connectivity index (χ0v) is 17.9. The minimum atomic E-state index is -0.322. The number of benzene rings is 2. The molecule has 0 aliphatic carbocycles. The summed E-state index contributed by atoms with van der Waals surface area (Å²) in [7, 11) is 4.74. The Labute approximate surface area is 171 Å². The van der Waals surface area contributed by atoms with E-state index >= 15 is 0 Å². The lowest BCUT2D eigenvalue weighted by atomic mass is 10.2. The van der Waals surface area contributed by atoms with Crippen molar-refractivity contribution in [1.29, 1.82) is 0 Å². The van der Waals surface area contributed by atoms with Crippen molar-refractivity contribution >= 4 is 39.2 Å². The molecule has 0 atom stereocenters. The number of ether oxygens (including phenoxy) is 3. The quantitative estimate of drug-likeness (QED) is 0.584. The van der Waals surface area contributed by atoms with Crippen LogP contribution in [-0.2, 0) is 6.54 Å². The van der Waals surface area contributed by atoms with Gasteiger partial charge in [0.15, 0.2) is 16.3 Å². The van der Waals surface area contributed by atoms with Gasteiger partial charge in [0.25, 0.3) is 5.91 Å². The Morgan fingerprint density at radius 2 is 1.86 bits per heavy atom. The first-order valence-corrected chi connectivity index (χ1v) is 10.8. The zero-order valence-electron chi connectivity index (χ0n) is 16.2. The third-order valence-corrected chi connectivity index (χ3v) is 5.89. The summed E-state index contributed by atoms with van der Waals surface area (Å²) in [6.07, 6.45) is 2.06. The summed E-state index contributed by atoms with van der Waals surface area (Å²) in [5, 5.41) is 0. The maximum atomic E-state index is 12.8. The van der Waals surface area contributed by atoms with Gasteiger partial charge in [-0.25, -0.2) is 0 Å². The van der Waals surface area contributed by atoms with Gasteiger partial charge in [0.05, 0.1) is 31.5 Å². The van der Waals surface area contributed by atoms with Gasteiger partial charge in [-0.15, -0.1) is 0 Å². The van der Waals surface area contributed by atoms with Crippen LogP contribution in [0, 0.1) is 0 Å². The molecule has 0 unspecified atom stereocenters. The summed E-state index contributed by atoms with van der Waals surface area (Å²) in [6, 6.07) is 10.9. The largest absolute Gasteiger partial charge is 0.497 e. The van der Waals surface area contributed by atoms with Crippen LogP contribution >= 0.6 is 23.1 Å². The summed E-state index contributed by atoms with van der Waals surface area (Å²) in [6.45, 7) is 0.756. The molecular weight excluding hydrogens is 396 g/mol. The molecule has 8 heteroatoms. The van der Waals surface area contributed by atoms with Crippen molar-refractivity contribution in [2.45, 2.75) is 6.54 Å². The summed E-state index contributed by atoms with van der Waals surface area (Å²) in [4.78, 5) is 17.9. The van der Waals surface area contributed by atoms with Crippen LogP contribution < -0.4 is 19.0 Å². The van der Waals surface area contributed by atoms with E-state index in [0.29, 0.717) is 21.9 Å². The second-order valence-electron chi connectivity index (χ2n) is 5.85. The number of carbonyl (C=O) groups is 1. The molecule has 2 aromatic carbocycles. The lowest BCUT2D eigenvalue weighted by Crippen LogP contribution is -2.18. The number of aryl methyl sites for hydroxylation is 1. The summed E-state index contributed by atoms with van der Waals surface area (Å²) in [5.41, 5.74) is 1.46. The Bertz CT molecular complexity index is 1060. The first-order chi connectivity index (χ1) is 13.6. The predicted octanol–water partition coefficient (Wildman–Crippen LogP) is 3.83. The van der Waals surface area contributed by atoms with Crippen LogP contribution in [0.25, 0.3) is 10.2 Å². The smallest absolute Gasteiger partial charge is 0.279 e. The number of fused-ring (bicyclic) bond motifs is 1. The summed E-state index contributed by atoms with van der Waals surface area (Å²) >= 11 is 3.24. The van der Waals surface area contributed by atoms with Crippen LogP contribution in [-0.4, -0.2) is 43.8 Å². The molecule has 3 rings (SSSR count). The Balaban J connectivity index is 2.08. The topological polar surface area (TPSA) is 62.1 Å². The van der Waals surface area contributed by atoms with Crippen molar-refractivity contribution in [3.63, 3.8) is 0 Å². The van der Waals surface area contributed by atoms with Crippen LogP contribution in [0.4, 0.5) is 0 Å². The molecule has 0 aliphatic rings. The van der Waals surface area contributed by atoms with Crippen molar-refractivity contribution in [2.75, 3.05) is 33.3 Å². The average molecular weight is 419 g/mol. The molecular formula is C20H22N2O4S2. The number of aromatic nitrogens is 1. The molecule has 0 saturated heterocycles. The highest BCUT2D eigenvalue weighted by Gasteiger charge is 2.13. The third-order valence-electron chi connectivity index (χ3n) is 4.24. The molecule has 6 nitrogen and oxygen atoms in total. The zero-order chi connectivity index (χ0) is 20.1. The molecule has 0 spiro atoms. The van der Waals surface area contributed by atoms with Crippen molar-refractivity contribution in [2.24, 2.45) is 4.99 Å². The van der Waals surface area contributed by atoms with E-state index in [-0.39, 0.29) is 5.91 Å². The molecule has 0 aliphatic heterocycles. The molecule has 3 aromatic rings. The standard InChI is InChI=1S/C20H22N2O4S2/c1-24-14-6-8-18-15(12-14)22(9-10-27-4)20(28-18)21-19(23)13-5-7-16(25-2)17(11-13)26-3/h5-8,11-12H,9-10H2,1-4H3. The molecule has 0 N–H and O–H groups in total. The van der Waals surface area contributed by atoms with E-state index in [9.17, 15) is 4.79 Å². The maximum Gasteiger partial charge on any atom is 0.279 e. The van der Waals surface area contributed by atoms with Crippen LogP contribution in [0.3, 0.4) is 0 Å². The first-order valence-electron chi connectivity index (χ1n) is 8.58. The fourth-order valence-corrected chi connectivity index (χ4v) is 4.18. The fourth-order valence-electron chi connectivity index (χ4n) is 2.78. The lowest BCUT2D eigenvalue weighted by molar-refractivity contribution is 0.0997. The lowest BCUT2D eigenvalue weighted by Gasteiger charge is -2.08. The molecule has 1 amide bonds. The van der Waals surface area contributed by atoms with E-state index in [0.717, 1.165) is 28.3 Å². The van der Waals surface area contributed by atoms with Crippen LogP contribution in [0.5, 0.6) is 17.2 Å². The molecule has 0 bridgehead atoms. The molecule has 0 saturated carbocycles. The summed E-state index contributed by atoms with van der Waals surface area (Å²) in [5.74, 6) is 2.45. The number of thiazole rings is 1. The van der Waals surface area contributed by atoms with E-state index in [2.05, 4.69) is 15.8 Å². The second-order valence-corrected chi connectivity index (χ2v) is 7.84. The number of rotatable bonds is 7. The number of methoxy groups -OCH3 is 3. The van der Waals surface area contributed by atoms with Crippen LogP contribution in [0.1, 0.15) is 10.4 Å². The van der Waals surface area contributed by atoms with E-state index in [1.807, 2.05) is 18.2 Å². The van der Waals surface area contributed by atoms with Crippen molar-refractivity contribution in [3.05, 3.63) is 46.8 Å². The number of thioether (sulfide) groups is 1. The number of nitrogens with zero attached hydrogens (tertiary/aromatic N) is 2. The SMILES string of the molecule is COc1ccc2sc(=NC(=O)c3ccc(OC)c(OC)c3)n(CCSC)c2c1. The van der Waals surface area contributed by atoms with Crippen molar-refractivity contribution in [3.8, 4) is 17.2 Å². The Morgan fingerprint density at radius 3 is 2.54 bits per heavy atom. The summed E-state index contributed by atoms with van der Waals surface area (Å²) < 4.78 is 19.0. The van der Waals surface area contributed by atoms with Gasteiger partial charge >= 0.3 is 0 Å². The second kappa shape index (κ2) is 9.16. The molecule has 0 radical (unpaired) electrons. The van der Waals surface area contributed by atoms with E-state index < -0.39 is 0 Å². The Hall–Kier alpha value is -2.45. The number of amides is 1. The fraction of sp³-hybridized carbons (Fsp3) is 0.300. The first kappa shape index (κ1) is 20.3. The number of carbonyl (C=O) groups excluding carboxylic acids is 1. The van der Waals surface area contributed by atoms with Gasteiger partial charge in [-0.2, -0.15) is 16.8 Å². The average Bonchev–Trinajstić information content (AvgIpc) is 3.07. The highest BCUT2D eigenvalue weighted by Crippen LogP contribution is 2.28. The van der Waals surface area contributed by atoms with E-state index in [1.165, 1.54) is 11.3 Å². The predicted molar refractivity (Wildman–Crippen MR) is 114 cm³/mol. The highest BCUT2D eigenvalue weighted by atomic mass is 32.2. The van der Waals surface area contributed by atoms with Gasteiger partial charge in [0.1, 0.15) is 5.75 Å². The van der Waals surface area contributed by atoms with Gasteiger partial charge < -0.3 is 18.8 Å². The van der Waals surface area contributed by atoms with Gasteiger partial charge in [0, 0.05) is 23.9 Å². The number of hydrogen-bond donors (Lipinski definition) is 0. The third kappa shape index (κ3) is 4.18. The molecule has 0 fully saturated rings. The molecule has 28 heavy (non-hydrogen) atoms. The molecule has 148 valence electrons. The van der Waals surface area contributed by atoms with Gasteiger partial charge in [-0.1, -0.05) is 11.3 Å². The minimum Gasteiger partial charge on any atom is -0.497 e. The van der Waals surface area contributed by atoms with Crippen LogP contribution in [0.15, 0.2) is 41.4 Å². The van der Waals surface area contributed by atoms with Gasteiger partial charge in [-0.3, -0.25) is 4.79 Å². The van der Waals surface area contributed by atoms with Gasteiger partial charge in [0.2, 0.25) is 0 Å². The molecule has 1 heterocycles. The normalized spacial score (nSPS) is 11.6. The Morgan fingerprint density at radius 1 is 1.07 bits per heavy atom. The van der Waals surface area contributed by atoms with Crippen LogP contribution in [0.2, 0.25) is 0 Å². The monoisotopic (exact) mass is 418 g/mol. The van der Waals surface area contributed by atoms with Crippen molar-refractivity contribution in [1.82, 2.24) is 4.57 Å². The van der Waals surface area contributed by atoms with Gasteiger partial charge in [-0.05, 0) is 36.6 Å². The van der Waals surface area contributed by atoms with Crippen molar-refractivity contribution < 1.29 is 19.0 Å². The Kier molecular flexibility index (Phi) is 6.64. The minimum absolute atomic E-state index is 0.322. The highest BCUT2D eigenvalue weighted by molar-refractivity contribution is 7.98. The van der Waals surface area contributed by atoms with E-state index in [4.69, 9.17) is 14.2 Å². The molecule has 1 aromatic heterocycles. The van der Waals surface area contributed by atoms with E-state index in [1.54, 1.807) is 51.3 Å².